The summed E-state index contributed by atoms with van der Waals surface area (Å²) < 4.78 is 27.0. The van der Waals surface area contributed by atoms with Crippen LogP contribution in [-0.2, 0) is 10.0 Å². The number of thiophene rings is 1. The van der Waals surface area contributed by atoms with E-state index in [1.54, 1.807) is 16.4 Å². The minimum absolute atomic E-state index is 0.0969. The Labute approximate surface area is 105 Å². The van der Waals surface area contributed by atoms with Gasteiger partial charge in [0.05, 0.1) is 4.34 Å². The molecular weight excluding hydrogens is 266 g/mol. The summed E-state index contributed by atoms with van der Waals surface area (Å²) in [6.45, 7) is 2.59. The Kier molecular flexibility index (Phi) is 3.59. The summed E-state index contributed by atoms with van der Waals surface area (Å²) in [4.78, 5) is 0. The molecule has 6 heteroatoms. The van der Waals surface area contributed by atoms with E-state index in [-0.39, 0.29) is 6.04 Å². The molecule has 1 aromatic rings. The third-order valence-corrected chi connectivity index (χ3v) is 6.57. The van der Waals surface area contributed by atoms with Crippen LogP contribution in [-0.4, -0.2) is 25.3 Å². The van der Waals surface area contributed by atoms with Gasteiger partial charge in [0.1, 0.15) is 4.21 Å². The van der Waals surface area contributed by atoms with E-state index >= 15 is 0 Å². The molecule has 90 valence electrons. The molecule has 0 aliphatic carbocycles. The van der Waals surface area contributed by atoms with Crippen LogP contribution in [0.5, 0.6) is 0 Å². The molecule has 1 aliphatic heterocycles. The summed E-state index contributed by atoms with van der Waals surface area (Å²) in [5, 5.41) is 0. The SMILES string of the molecule is CC1CCCCN1S(=O)(=O)c1ccc(Cl)s1. The molecule has 0 saturated carbocycles. The van der Waals surface area contributed by atoms with Crippen LogP contribution in [0.2, 0.25) is 4.34 Å². The highest BCUT2D eigenvalue weighted by Crippen LogP contribution is 2.31. The van der Waals surface area contributed by atoms with Gasteiger partial charge in [-0.1, -0.05) is 18.0 Å². The monoisotopic (exact) mass is 279 g/mol. The zero-order valence-electron chi connectivity index (χ0n) is 9.02. The first kappa shape index (κ1) is 12.4. The van der Waals surface area contributed by atoms with Crippen molar-refractivity contribution in [3.05, 3.63) is 16.5 Å². The molecule has 16 heavy (non-hydrogen) atoms. The number of rotatable bonds is 2. The van der Waals surface area contributed by atoms with E-state index in [1.165, 1.54) is 0 Å². The summed E-state index contributed by atoms with van der Waals surface area (Å²) in [6, 6.07) is 3.32. The minimum atomic E-state index is -3.32. The minimum Gasteiger partial charge on any atom is -0.206 e. The van der Waals surface area contributed by atoms with Crippen molar-refractivity contribution in [3.63, 3.8) is 0 Å². The molecule has 0 bridgehead atoms. The van der Waals surface area contributed by atoms with Gasteiger partial charge in [-0.3, -0.25) is 0 Å². The molecule has 0 amide bonds. The molecule has 1 unspecified atom stereocenters. The first-order chi connectivity index (χ1) is 7.51. The standard InChI is InChI=1S/C10H14ClNO2S2/c1-8-4-2-3-7-12(8)16(13,14)10-6-5-9(11)15-10/h5-6,8H,2-4,7H2,1H3. The average Bonchev–Trinajstić information content (AvgIpc) is 2.66. The van der Waals surface area contributed by atoms with E-state index in [4.69, 9.17) is 11.6 Å². The van der Waals surface area contributed by atoms with Gasteiger partial charge in [0.25, 0.3) is 10.0 Å². The Morgan fingerprint density at radius 3 is 2.75 bits per heavy atom. The van der Waals surface area contributed by atoms with E-state index in [0.717, 1.165) is 30.6 Å². The Morgan fingerprint density at radius 1 is 1.44 bits per heavy atom. The largest absolute Gasteiger partial charge is 0.252 e. The topological polar surface area (TPSA) is 37.4 Å². The third-order valence-electron chi connectivity index (χ3n) is 2.85. The number of sulfonamides is 1. The molecule has 0 spiro atoms. The average molecular weight is 280 g/mol. The second kappa shape index (κ2) is 4.64. The molecule has 2 heterocycles. The zero-order valence-corrected chi connectivity index (χ0v) is 11.4. The normalized spacial score (nSPS) is 23.5. The molecule has 0 radical (unpaired) electrons. The van der Waals surface area contributed by atoms with Crippen molar-refractivity contribution in [1.29, 1.82) is 0 Å². The summed E-state index contributed by atoms with van der Waals surface area (Å²) in [6.07, 6.45) is 3.00. The van der Waals surface area contributed by atoms with Crippen molar-refractivity contribution in [2.75, 3.05) is 6.54 Å². The Morgan fingerprint density at radius 2 is 2.19 bits per heavy atom. The highest BCUT2D eigenvalue weighted by atomic mass is 35.5. The Bertz CT molecular complexity index is 469. The lowest BCUT2D eigenvalue weighted by molar-refractivity contribution is 0.269. The van der Waals surface area contributed by atoms with Crippen LogP contribution in [0.3, 0.4) is 0 Å². The molecule has 0 N–H and O–H groups in total. The lowest BCUT2D eigenvalue weighted by Gasteiger charge is -2.31. The first-order valence-electron chi connectivity index (χ1n) is 5.29. The molecule has 2 rings (SSSR count). The van der Waals surface area contributed by atoms with Crippen molar-refractivity contribution >= 4 is 33.0 Å². The van der Waals surface area contributed by atoms with Gasteiger partial charge in [0.15, 0.2) is 0 Å². The van der Waals surface area contributed by atoms with Crippen molar-refractivity contribution in [1.82, 2.24) is 4.31 Å². The van der Waals surface area contributed by atoms with Crippen molar-refractivity contribution in [2.45, 2.75) is 36.4 Å². The maximum atomic E-state index is 12.3. The van der Waals surface area contributed by atoms with E-state index in [9.17, 15) is 8.42 Å². The number of hydrogen-bond acceptors (Lipinski definition) is 3. The quantitative estimate of drug-likeness (QED) is 0.835. The van der Waals surface area contributed by atoms with E-state index in [0.29, 0.717) is 15.1 Å². The van der Waals surface area contributed by atoms with Gasteiger partial charge in [-0.25, -0.2) is 8.42 Å². The van der Waals surface area contributed by atoms with Crippen LogP contribution in [0, 0.1) is 0 Å². The molecule has 3 nitrogen and oxygen atoms in total. The second-order valence-electron chi connectivity index (χ2n) is 4.02. The van der Waals surface area contributed by atoms with Gasteiger partial charge in [0, 0.05) is 12.6 Å². The summed E-state index contributed by atoms with van der Waals surface area (Å²) in [7, 11) is -3.32. The maximum absolute atomic E-state index is 12.3. The van der Waals surface area contributed by atoms with Crippen molar-refractivity contribution in [3.8, 4) is 0 Å². The maximum Gasteiger partial charge on any atom is 0.252 e. The summed E-state index contributed by atoms with van der Waals surface area (Å²) >= 11 is 6.90. The predicted molar refractivity (Wildman–Crippen MR) is 66.5 cm³/mol. The third kappa shape index (κ3) is 2.27. The number of hydrogen-bond donors (Lipinski definition) is 0. The van der Waals surface area contributed by atoms with Gasteiger partial charge >= 0.3 is 0 Å². The van der Waals surface area contributed by atoms with Crippen LogP contribution >= 0.6 is 22.9 Å². The highest BCUT2D eigenvalue weighted by Gasteiger charge is 2.31. The Balaban J connectivity index is 2.31. The van der Waals surface area contributed by atoms with Gasteiger partial charge < -0.3 is 0 Å². The van der Waals surface area contributed by atoms with Crippen LogP contribution in [0.1, 0.15) is 26.2 Å². The molecule has 1 atom stereocenters. The smallest absolute Gasteiger partial charge is 0.206 e. The van der Waals surface area contributed by atoms with Gasteiger partial charge in [-0.15, -0.1) is 11.3 Å². The fraction of sp³-hybridized carbons (Fsp3) is 0.600. The first-order valence-corrected chi connectivity index (χ1v) is 7.92. The molecule has 1 aliphatic rings. The van der Waals surface area contributed by atoms with Gasteiger partial charge in [-0.05, 0) is 31.9 Å². The Hall–Kier alpha value is -0.100. The summed E-state index contributed by atoms with van der Waals surface area (Å²) in [5.41, 5.74) is 0. The number of piperidine rings is 1. The summed E-state index contributed by atoms with van der Waals surface area (Å²) in [5.74, 6) is 0. The molecule has 1 aromatic heterocycles. The zero-order chi connectivity index (χ0) is 11.8. The van der Waals surface area contributed by atoms with Gasteiger partial charge in [-0.2, -0.15) is 4.31 Å². The van der Waals surface area contributed by atoms with Crippen molar-refractivity contribution < 1.29 is 8.42 Å². The second-order valence-corrected chi connectivity index (χ2v) is 7.85. The van der Waals surface area contributed by atoms with Crippen molar-refractivity contribution in [2.24, 2.45) is 0 Å². The fourth-order valence-electron chi connectivity index (χ4n) is 1.98. The van der Waals surface area contributed by atoms with E-state index in [1.807, 2.05) is 6.92 Å². The predicted octanol–water partition coefficient (Wildman–Crippen LogP) is 2.96. The van der Waals surface area contributed by atoms with Crippen LogP contribution in [0.15, 0.2) is 16.3 Å². The fourth-order valence-corrected chi connectivity index (χ4v) is 5.29. The number of nitrogens with zero attached hydrogens (tertiary/aromatic N) is 1. The molecular formula is C10H14ClNO2S2. The number of halogens is 1. The van der Waals surface area contributed by atoms with Crippen LogP contribution in [0.4, 0.5) is 0 Å². The van der Waals surface area contributed by atoms with Crippen LogP contribution in [0.25, 0.3) is 0 Å². The van der Waals surface area contributed by atoms with Crippen LogP contribution < -0.4 is 0 Å². The van der Waals surface area contributed by atoms with E-state index < -0.39 is 10.0 Å². The molecule has 1 saturated heterocycles. The molecule has 0 aromatic carbocycles. The van der Waals surface area contributed by atoms with E-state index in [2.05, 4.69) is 0 Å². The lowest BCUT2D eigenvalue weighted by Crippen LogP contribution is -2.41. The van der Waals surface area contributed by atoms with Gasteiger partial charge in [0.2, 0.25) is 0 Å². The lowest BCUT2D eigenvalue weighted by atomic mass is 10.1. The highest BCUT2D eigenvalue weighted by molar-refractivity contribution is 7.91. The molecule has 1 fully saturated rings.